The van der Waals surface area contributed by atoms with Crippen molar-refractivity contribution in [3.63, 3.8) is 0 Å². The van der Waals surface area contributed by atoms with Crippen LogP contribution in [0.4, 0.5) is 4.79 Å². The fourth-order valence-electron chi connectivity index (χ4n) is 1.47. The van der Waals surface area contributed by atoms with Gasteiger partial charge in [-0.3, -0.25) is 0 Å². The number of hydrogen-bond acceptors (Lipinski definition) is 3. The highest BCUT2D eigenvalue weighted by Crippen LogP contribution is 2.13. The standard InChI is InChI=1S/C12H23ClO3/c1-3-4-5-6-7-8-9-10-11(13)16-12(14)15-2/h11H,3-10H2,1-2H3. The molecule has 0 aliphatic carbocycles. The first kappa shape index (κ1) is 15.6. The smallest absolute Gasteiger partial charge is 0.438 e. The highest BCUT2D eigenvalue weighted by molar-refractivity contribution is 6.20. The second-order valence-corrected chi connectivity index (χ2v) is 4.38. The number of carbonyl (C=O) groups excluding carboxylic acids is 1. The average Bonchev–Trinajstić information content (AvgIpc) is 2.27. The molecule has 16 heavy (non-hydrogen) atoms. The van der Waals surface area contributed by atoms with Gasteiger partial charge >= 0.3 is 6.16 Å². The molecule has 0 rings (SSSR count). The van der Waals surface area contributed by atoms with Crippen molar-refractivity contribution < 1.29 is 14.3 Å². The van der Waals surface area contributed by atoms with Crippen molar-refractivity contribution in [3.05, 3.63) is 0 Å². The molecule has 1 unspecified atom stereocenters. The maximum absolute atomic E-state index is 10.7. The van der Waals surface area contributed by atoms with E-state index in [1.165, 1.54) is 39.2 Å². The van der Waals surface area contributed by atoms with E-state index in [4.69, 9.17) is 16.3 Å². The summed E-state index contributed by atoms with van der Waals surface area (Å²) in [5, 5.41) is 0. The Balaban J connectivity index is 3.21. The fourth-order valence-corrected chi connectivity index (χ4v) is 1.70. The van der Waals surface area contributed by atoms with Crippen LogP contribution in [0.2, 0.25) is 0 Å². The van der Waals surface area contributed by atoms with Crippen LogP contribution in [0.5, 0.6) is 0 Å². The average molecular weight is 251 g/mol. The largest absolute Gasteiger partial charge is 0.509 e. The van der Waals surface area contributed by atoms with Crippen LogP contribution in [0.25, 0.3) is 0 Å². The van der Waals surface area contributed by atoms with E-state index in [9.17, 15) is 4.79 Å². The van der Waals surface area contributed by atoms with Gasteiger partial charge in [0.2, 0.25) is 0 Å². The molecule has 0 saturated heterocycles. The molecule has 0 N–H and O–H groups in total. The van der Waals surface area contributed by atoms with Gasteiger partial charge < -0.3 is 9.47 Å². The van der Waals surface area contributed by atoms with Gasteiger partial charge in [0, 0.05) is 0 Å². The van der Waals surface area contributed by atoms with E-state index in [0.717, 1.165) is 12.8 Å². The molecule has 3 nitrogen and oxygen atoms in total. The summed E-state index contributed by atoms with van der Waals surface area (Å²) in [6, 6.07) is 0. The van der Waals surface area contributed by atoms with Gasteiger partial charge in [0.15, 0.2) is 5.56 Å². The molecule has 0 amide bonds. The normalized spacial score (nSPS) is 12.2. The minimum absolute atomic E-state index is 0.553. The third-order valence-electron chi connectivity index (χ3n) is 2.43. The molecular formula is C12H23ClO3. The molecule has 4 heteroatoms. The van der Waals surface area contributed by atoms with E-state index >= 15 is 0 Å². The fraction of sp³-hybridized carbons (Fsp3) is 0.917. The number of halogens is 1. The summed E-state index contributed by atoms with van der Waals surface area (Å²) in [5.41, 5.74) is -0.553. The van der Waals surface area contributed by atoms with Crippen molar-refractivity contribution in [2.45, 2.75) is 63.9 Å². The zero-order chi connectivity index (χ0) is 12.2. The van der Waals surface area contributed by atoms with Crippen LogP contribution in [0.15, 0.2) is 0 Å². The van der Waals surface area contributed by atoms with Gasteiger partial charge in [0.25, 0.3) is 0 Å². The summed E-state index contributed by atoms with van der Waals surface area (Å²) in [7, 11) is 1.28. The second kappa shape index (κ2) is 11.1. The SMILES string of the molecule is CCCCCCCCCC(Cl)OC(=O)OC. The minimum Gasteiger partial charge on any atom is -0.438 e. The third-order valence-corrected chi connectivity index (χ3v) is 2.73. The molecule has 0 aromatic rings. The number of hydrogen-bond donors (Lipinski definition) is 0. The van der Waals surface area contributed by atoms with Crippen molar-refractivity contribution >= 4 is 17.8 Å². The second-order valence-electron chi connectivity index (χ2n) is 3.89. The monoisotopic (exact) mass is 250 g/mol. The first-order chi connectivity index (χ1) is 7.70. The number of methoxy groups -OCH3 is 1. The van der Waals surface area contributed by atoms with E-state index in [0.29, 0.717) is 6.42 Å². The van der Waals surface area contributed by atoms with Gasteiger partial charge in [-0.05, 0) is 12.8 Å². The molecule has 0 aromatic heterocycles. The Kier molecular flexibility index (Phi) is 10.8. The molecule has 0 aromatic carbocycles. The Bertz CT molecular complexity index is 174. The highest BCUT2D eigenvalue weighted by atomic mass is 35.5. The van der Waals surface area contributed by atoms with E-state index in [2.05, 4.69) is 11.7 Å². The van der Waals surface area contributed by atoms with Crippen LogP contribution in [0, 0.1) is 0 Å². The first-order valence-corrected chi connectivity index (χ1v) is 6.53. The summed E-state index contributed by atoms with van der Waals surface area (Å²) in [4.78, 5) is 10.7. The molecular weight excluding hydrogens is 228 g/mol. The summed E-state index contributed by atoms with van der Waals surface area (Å²) in [6.07, 6.45) is 8.59. The van der Waals surface area contributed by atoms with Crippen molar-refractivity contribution in [1.82, 2.24) is 0 Å². The zero-order valence-corrected chi connectivity index (χ0v) is 11.1. The predicted molar refractivity (Wildman–Crippen MR) is 65.7 cm³/mol. The topological polar surface area (TPSA) is 35.5 Å². The minimum atomic E-state index is -0.706. The van der Waals surface area contributed by atoms with Crippen LogP contribution >= 0.6 is 11.6 Å². The number of ether oxygens (including phenoxy) is 2. The van der Waals surface area contributed by atoms with Crippen LogP contribution in [-0.4, -0.2) is 18.8 Å². The lowest BCUT2D eigenvalue weighted by molar-refractivity contribution is 0.0593. The molecule has 0 fully saturated rings. The molecule has 0 aliphatic rings. The van der Waals surface area contributed by atoms with Gasteiger partial charge in [-0.1, -0.05) is 57.0 Å². The zero-order valence-electron chi connectivity index (χ0n) is 10.3. The summed E-state index contributed by atoms with van der Waals surface area (Å²) >= 11 is 5.79. The molecule has 96 valence electrons. The summed E-state index contributed by atoms with van der Waals surface area (Å²) in [5.74, 6) is 0. The first-order valence-electron chi connectivity index (χ1n) is 6.09. The number of carbonyl (C=O) groups is 1. The van der Waals surface area contributed by atoms with Gasteiger partial charge in [0.05, 0.1) is 7.11 Å². The van der Waals surface area contributed by atoms with Crippen molar-refractivity contribution in [1.29, 1.82) is 0 Å². The Labute approximate surface area is 103 Å². The number of alkyl halides is 1. The maximum atomic E-state index is 10.7. The van der Waals surface area contributed by atoms with E-state index < -0.39 is 11.7 Å². The van der Waals surface area contributed by atoms with Gasteiger partial charge in [-0.2, -0.15) is 0 Å². The Morgan fingerprint density at radius 2 is 1.69 bits per heavy atom. The predicted octanol–water partition coefficient (Wildman–Crippen LogP) is 4.48. The van der Waals surface area contributed by atoms with E-state index in [1.54, 1.807) is 0 Å². The Morgan fingerprint density at radius 3 is 2.25 bits per heavy atom. The van der Waals surface area contributed by atoms with Crippen LogP contribution in [0.1, 0.15) is 58.3 Å². The molecule has 0 radical (unpaired) electrons. The summed E-state index contributed by atoms with van der Waals surface area (Å²) in [6.45, 7) is 2.21. The van der Waals surface area contributed by atoms with Crippen LogP contribution < -0.4 is 0 Å². The lowest BCUT2D eigenvalue weighted by Crippen LogP contribution is -2.12. The van der Waals surface area contributed by atoms with Gasteiger partial charge in [0.1, 0.15) is 0 Å². The van der Waals surface area contributed by atoms with Crippen LogP contribution in [-0.2, 0) is 9.47 Å². The van der Waals surface area contributed by atoms with Crippen LogP contribution in [0.3, 0.4) is 0 Å². The molecule has 1 atom stereocenters. The Hall–Kier alpha value is -0.440. The van der Waals surface area contributed by atoms with Crippen molar-refractivity contribution in [3.8, 4) is 0 Å². The van der Waals surface area contributed by atoms with Crippen molar-refractivity contribution in [2.24, 2.45) is 0 Å². The van der Waals surface area contributed by atoms with E-state index in [-0.39, 0.29) is 0 Å². The number of rotatable bonds is 9. The summed E-state index contributed by atoms with van der Waals surface area (Å²) < 4.78 is 9.10. The molecule has 0 bridgehead atoms. The van der Waals surface area contributed by atoms with E-state index in [1.807, 2.05) is 0 Å². The quantitative estimate of drug-likeness (QED) is 0.344. The van der Waals surface area contributed by atoms with Gasteiger partial charge in [-0.15, -0.1) is 0 Å². The van der Waals surface area contributed by atoms with Crippen molar-refractivity contribution in [2.75, 3.05) is 7.11 Å². The molecule has 0 saturated carbocycles. The lowest BCUT2D eigenvalue weighted by Gasteiger charge is -2.09. The Morgan fingerprint density at radius 1 is 1.12 bits per heavy atom. The molecule has 0 heterocycles. The molecule has 0 aliphatic heterocycles. The number of unbranched alkanes of at least 4 members (excludes halogenated alkanes) is 6. The lowest BCUT2D eigenvalue weighted by atomic mass is 10.1. The highest BCUT2D eigenvalue weighted by Gasteiger charge is 2.10. The maximum Gasteiger partial charge on any atom is 0.509 e. The van der Waals surface area contributed by atoms with Gasteiger partial charge in [-0.25, -0.2) is 4.79 Å². The third kappa shape index (κ3) is 10.1. The molecule has 0 spiro atoms.